The predicted octanol–water partition coefficient (Wildman–Crippen LogP) is 1.60. The molecule has 1 aliphatic carbocycles. The summed E-state index contributed by atoms with van der Waals surface area (Å²) in [6, 6.07) is 0. The van der Waals surface area contributed by atoms with Gasteiger partial charge in [0, 0.05) is 12.1 Å². The third-order valence-corrected chi connectivity index (χ3v) is 5.04. The molecule has 0 radical (unpaired) electrons. The van der Waals surface area contributed by atoms with Crippen LogP contribution in [0.5, 0.6) is 0 Å². The molecule has 0 aromatic heterocycles. The molecule has 17 heavy (non-hydrogen) atoms. The van der Waals surface area contributed by atoms with Crippen molar-refractivity contribution >= 4 is 0 Å². The Kier molecular flexibility index (Phi) is 4.45. The zero-order valence-corrected chi connectivity index (χ0v) is 11.2. The lowest BCUT2D eigenvalue weighted by Crippen LogP contribution is -2.47. The van der Waals surface area contributed by atoms with E-state index in [0.717, 1.165) is 12.3 Å². The number of hydrogen-bond acceptors (Lipinski definition) is 3. The molecule has 2 aliphatic rings. The molecule has 3 heteroatoms. The molecule has 0 aromatic carbocycles. The first-order valence-corrected chi connectivity index (χ1v) is 7.30. The standard InChI is InChI=1S/C14H28N2O/c1-2-12-5-8-16(10-12)9-6-13-4-3-7-14(13,15)11-17/h12-13,17H,2-11,15H2,1H3. The van der Waals surface area contributed by atoms with Gasteiger partial charge in [-0.15, -0.1) is 0 Å². The van der Waals surface area contributed by atoms with Crippen molar-refractivity contribution in [1.29, 1.82) is 0 Å². The highest BCUT2D eigenvalue weighted by Crippen LogP contribution is 2.36. The second-order valence-electron chi connectivity index (χ2n) is 6.13. The second-order valence-corrected chi connectivity index (χ2v) is 6.13. The van der Waals surface area contributed by atoms with Gasteiger partial charge >= 0.3 is 0 Å². The summed E-state index contributed by atoms with van der Waals surface area (Å²) in [5, 5.41) is 9.43. The van der Waals surface area contributed by atoms with Crippen LogP contribution in [0.3, 0.4) is 0 Å². The van der Waals surface area contributed by atoms with Crippen molar-refractivity contribution in [2.75, 3.05) is 26.2 Å². The molecule has 3 nitrogen and oxygen atoms in total. The third-order valence-electron chi connectivity index (χ3n) is 5.04. The Morgan fingerprint density at radius 1 is 1.41 bits per heavy atom. The van der Waals surface area contributed by atoms with Crippen molar-refractivity contribution in [3.05, 3.63) is 0 Å². The summed E-state index contributed by atoms with van der Waals surface area (Å²) < 4.78 is 0. The molecule has 100 valence electrons. The Hall–Kier alpha value is -0.120. The number of aliphatic hydroxyl groups excluding tert-OH is 1. The van der Waals surface area contributed by atoms with Crippen LogP contribution < -0.4 is 5.73 Å². The summed E-state index contributed by atoms with van der Waals surface area (Å²) in [6.45, 7) is 6.18. The van der Waals surface area contributed by atoms with Gasteiger partial charge < -0.3 is 15.7 Å². The molecule has 2 rings (SSSR count). The zero-order chi connectivity index (χ0) is 12.3. The SMILES string of the molecule is CCC1CCN(CCC2CCCC2(N)CO)C1. The lowest BCUT2D eigenvalue weighted by atomic mass is 9.86. The minimum Gasteiger partial charge on any atom is -0.394 e. The van der Waals surface area contributed by atoms with Crippen molar-refractivity contribution in [2.45, 2.75) is 51.0 Å². The van der Waals surface area contributed by atoms with Crippen LogP contribution in [0.1, 0.15) is 45.4 Å². The van der Waals surface area contributed by atoms with Gasteiger partial charge in [-0.25, -0.2) is 0 Å². The van der Waals surface area contributed by atoms with Crippen molar-refractivity contribution in [2.24, 2.45) is 17.6 Å². The minimum absolute atomic E-state index is 0.162. The molecule has 1 aliphatic heterocycles. The normalized spacial score (nSPS) is 39.0. The smallest absolute Gasteiger partial charge is 0.0613 e. The van der Waals surface area contributed by atoms with Crippen LogP contribution in [-0.4, -0.2) is 41.8 Å². The topological polar surface area (TPSA) is 49.5 Å². The van der Waals surface area contributed by atoms with E-state index < -0.39 is 0 Å². The monoisotopic (exact) mass is 240 g/mol. The number of nitrogens with two attached hydrogens (primary N) is 1. The average Bonchev–Trinajstić information content (AvgIpc) is 2.94. The Morgan fingerprint density at radius 3 is 2.88 bits per heavy atom. The molecule has 3 atom stereocenters. The third kappa shape index (κ3) is 3.01. The van der Waals surface area contributed by atoms with Crippen LogP contribution in [0.2, 0.25) is 0 Å². The van der Waals surface area contributed by atoms with E-state index in [9.17, 15) is 5.11 Å². The first-order chi connectivity index (χ1) is 8.18. The first kappa shape index (κ1) is 13.3. The van der Waals surface area contributed by atoms with Gasteiger partial charge in [0.2, 0.25) is 0 Å². The molecule has 1 saturated carbocycles. The van der Waals surface area contributed by atoms with Gasteiger partial charge in [-0.2, -0.15) is 0 Å². The predicted molar refractivity (Wildman–Crippen MR) is 70.8 cm³/mol. The summed E-state index contributed by atoms with van der Waals surface area (Å²) in [4.78, 5) is 2.59. The van der Waals surface area contributed by atoms with Crippen LogP contribution in [0.25, 0.3) is 0 Å². The van der Waals surface area contributed by atoms with Crippen molar-refractivity contribution in [1.82, 2.24) is 4.90 Å². The highest BCUT2D eigenvalue weighted by molar-refractivity contribution is 4.96. The molecule has 1 saturated heterocycles. The van der Waals surface area contributed by atoms with Crippen molar-refractivity contribution < 1.29 is 5.11 Å². The number of rotatable bonds is 5. The molecule has 0 amide bonds. The van der Waals surface area contributed by atoms with Crippen LogP contribution >= 0.6 is 0 Å². The molecule has 3 N–H and O–H groups in total. The fourth-order valence-electron chi connectivity index (χ4n) is 3.60. The Labute approximate surface area is 105 Å². The maximum atomic E-state index is 9.43. The van der Waals surface area contributed by atoms with E-state index in [0.29, 0.717) is 5.92 Å². The first-order valence-electron chi connectivity index (χ1n) is 7.30. The Balaban J connectivity index is 1.75. The lowest BCUT2D eigenvalue weighted by molar-refractivity contribution is 0.147. The van der Waals surface area contributed by atoms with Crippen LogP contribution in [-0.2, 0) is 0 Å². The van der Waals surface area contributed by atoms with Crippen LogP contribution in [0, 0.1) is 11.8 Å². The highest BCUT2D eigenvalue weighted by atomic mass is 16.3. The molecular weight excluding hydrogens is 212 g/mol. The number of aliphatic hydroxyl groups is 1. The Morgan fingerprint density at radius 2 is 2.24 bits per heavy atom. The van der Waals surface area contributed by atoms with Gasteiger partial charge in [-0.1, -0.05) is 19.8 Å². The fourth-order valence-corrected chi connectivity index (χ4v) is 3.60. The van der Waals surface area contributed by atoms with E-state index >= 15 is 0 Å². The summed E-state index contributed by atoms with van der Waals surface area (Å²) >= 11 is 0. The quantitative estimate of drug-likeness (QED) is 0.767. The van der Waals surface area contributed by atoms with E-state index in [1.54, 1.807) is 0 Å². The van der Waals surface area contributed by atoms with Crippen LogP contribution in [0.4, 0.5) is 0 Å². The molecule has 0 bridgehead atoms. The van der Waals surface area contributed by atoms with Gasteiger partial charge in [0.1, 0.15) is 0 Å². The molecule has 0 spiro atoms. The summed E-state index contributed by atoms with van der Waals surface area (Å²) in [6.07, 6.45) is 7.27. The van der Waals surface area contributed by atoms with Gasteiger partial charge in [0.15, 0.2) is 0 Å². The van der Waals surface area contributed by atoms with Crippen LogP contribution in [0.15, 0.2) is 0 Å². The van der Waals surface area contributed by atoms with E-state index in [2.05, 4.69) is 11.8 Å². The minimum atomic E-state index is -0.274. The summed E-state index contributed by atoms with van der Waals surface area (Å²) in [5.74, 6) is 1.45. The molecule has 3 unspecified atom stereocenters. The summed E-state index contributed by atoms with van der Waals surface area (Å²) in [5.41, 5.74) is 6.00. The van der Waals surface area contributed by atoms with Gasteiger partial charge in [-0.3, -0.25) is 0 Å². The van der Waals surface area contributed by atoms with E-state index in [4.69, 9.17) is 5.73 Å². The molecule has 2 fully saturated rings. The number of hydrogen-bond donors (Lipinski definition) is 2. The number of likely N-dealkylation sites (tertiary alicyclic amines) is 1. The fraction of sp³-hybridized carbons (Fsp3) is 1.00. The average molecular weight is 240 g/mol. The molecule has 0 aromatic rings. The van der Waals surface area contributed by atoms with Gasteiger partial charge in [-0.05, 0) is 50.6 Å². The van der Waals surface area contributed by atoms with E-state index in [1.165, 1.54) is 51.7 Å². The second kappa shape index (κ2) is 5.68. The number of nitrogens with zero attached hydrogens (tertiary/aromatic N) is 1. The zero-order valence-electron chi connectivity index (χ0n) is 11.2. The molecular formula is C14H28N2O. The van der Waals surface area contributed by atoms with Gasteiger partial charge in [0.05, 0.1) is 6.61 Å². The van der Waals surface area contributed by atoms with E-state index in [-0.39, 0.29) is 12.1 Å². The largest absolute Gasteiger partial charge is 0.394 e. The summed E-state index contributed by atoms with van der Waals surface area (Å²) in [7, 11) is 0. The maximum Gasteiger partial charge on any atom is 0.0613 e. The maximum absolute atomic E-state index is 9.43. The van der Waals surface area contributed by atoms with Crippen molar-refractivity contribution in [3.63, 3.8) is 0 Å². The van der Waals surface area contributed by atoms with E-state index in [1.807, 2.05) is 0 Å². The van der Waals surface area contributed by atoms with Gasteiger partial charge in [0.25, 0.3) is 0 Å². The van der Waals surface area contributed by atoms with Crippen molar-refractivity contribution in [3.8, 4) is 0 Å². The Bertz CT molecular complexity index is 246. The highest BCUT2D eigenvalue weighted by Gasteiger charge is 2.38. The molecule has 1 heterocycles. The lowest BCUT2D eigenvalue weighted by Gasteiger charge is -2.30.